The van der Waals surface area contributed by atoms with Gasteiger partial charge in [0.25, 0.3) is 11.8 Å². The minimum Gasteiger partial charge on any atom is -0.304 e. The second-order valence-electron chi connectivity index (χ2n) is 11.0. The third-order valence-electron chi connectivity index (χ3n) is 7.68. The summed E-state index contributed by atoms with van der Waals surface area (Å²) in [6.07, 6.45) is 0.554. The Labute approximate surface area is 315 Å². The largest absolute Gasteiger partial charge is 0.304 e. The first-order valence-electron chi connectivity index (χ1n) is 15.5. The molecule has 0 fully saturated rings. The molecule has 1 radical (unpaired) electrons. The Balaban J connectivity index is 0.000000141. The summed E-state index contributed by atoms with van der Waals surface area (Å²) < 4.78 is 0. The number of fused-ring (bicyclic) bond motifs is 4. The zero-order valence-electron chi connectivity index (χ0n) is 27.1. The first-order chi connectivity index (χ1) is 23.8. The number of hydrogen-bond donors (Lipinski definition) is 3. The molecule has 0 atom stereocenters. The van der Waals surface area contributed by atoms with E-state index in [9.17, 15) is 19.2 Å². The topological polar surface area (TPSA) is 128 Å². The smallest absolute Gasteiger partial charge is 0.258 e. The summed E-state index contributed by atoms with van der Waals surface area (Å²) in [7, 11) is 0. The Morgan fingerprint density at radius 1 is 0.440 bits per heavy atom. The second kappa shape index (κ2) is 18.3. The number of imide groups is 1. The molecule has 6 aromatic rings. The number of ketones is 2. The quantitative estimate of drug-likeness (QED) is 0.0828. The van der Waals surface area contributed by atoms with Crippen LogP contribution in [0.15, 0.2) is 152 Å². The Kier molecular flexibility index (Phi) is 13.7. The van der Waals surface area contributed by atoms with Crippen LogP contribution in [0.25, 0.3) is 10.8 Å². The fraction of sp³-hybridized carbons (Fsp3) is 0.0476. The van der Waals surface area contributed by atoms with Crippen molar-refractivity contribution >= 4 is 45.6 Å². The van der Waals surface area contributed by atoms with Crippen molar-refractivity contribution in [2.75, 3.05) is 0 Å². The van der Waals surface area contributed by atoms with Crippen molar-refractivity contribution in [3.05, 3.63) is 191 Å². The molecule has 0 bridgehead atoms. The number of hydrogen-bond acceptors (Lipinski definition) is 6. The Morgan fingerprint density at radius 3 is 1.26 bits per heavy atom. The van der Waals surface area contributed by atoms with Gasteiger partial charge in [-0.3, -0.25) is 24.5 Å². The molecule has 2 amide bonds. The van der Waals surface area contributed by atoms with Gasteiger partial charge in [0.2, 0.25) is 0 Å². The van der Waals surface area contributed by atoms with Crippen LogP contribution in [-0.4, -0.2) is 34.8 Å². The van der Waals surface area contributed by atoms with Crippen LogP contribution in [0.3, 0.4) is 0 Å². The summed E-state index contributed by atoms with van der Waals surface area (Å²) in [6.45, 7) is 0. The van der Waals surface area contributed by atoms with Gasteiger partial charge >= 0.3 is 0 Å². The standard InChI is InChI=1S/C10H7.C9H8N2.C9H6O2.C8H5NO2.C6H6.Y/c1-2-6-10-8-4-3-7-9(10)5-1;2*10-8-5-9(11)7-4-2-1-3-6(7)8;10-7-5-3-1-2-4-6(5)8(11)9-7;1-2-4-6-5-3-1;/h1-3,5-8H;1-4,10-11H,5H2;1-4H,5H2;1-4H,(H,9,10,11);1-6H;/q-1;;;;;. The molecular formula is C42H32N3O4Y-. The van der Waals surface area contributed by atoms with E-state index in [-0.39, 0.29) is 62.5 Å². The molecule has 243 valence electrons. The monoisotopic (exact) mass is 731 g/mol. The fourth-order valence-corrected chi connectivity index (χ4v) is 5.25. The van der Waals surface area contributed by atoms with E-state index in [1.54, 1.807) is 48.5 Å². The number of carbonyl (C=O) groups is 4. The number of amides is 2. The van der Waals surface area contributed by atoms with E-state index in [0.29, 0.717) is 40.1 Å². The van der Waals surface area contributed by atoms with Gasteiger partial charge in [-0.1, -0.05) is 115 Å². The molecule has 9 rings (SSSR count). The van der Waals surface area contributed by atoms with Crippen LogP contribution >= 0.6 is 0 Å². The summed E-state index contributed by atoms with van der Waals surface area (Å²) in [5.74, 6) is -0.701. The van der Waals surface area contributed by atoms with Gasteiger partial charge in [-0.25, -0.2) is 0 Å². The van der Waals surface area contributed by atoms with Crippen molar-refractivity contribution < 1.29 is 51.9 Å². The molecular weight excluding hydrogens is 699 g/mol. The predicted octanol–water partition coefficient (Wildman–Crippen LogP) is 8.18. The third-order valence-corrected chi connectivity index (χ3v) is 7.68. The molecule has 7 nitrogen and oxygen atoms in total. The summed E-state index contributed by atoms with van der Waals surface area (Å²) in [4.78, 5) is 44.0. The fourth-order valence-electron chi connectivity index (χ4n) is 5.25. The van der Waals surface area contributed by atoms with Gasteiger partial charge in [-0.2, -0.15) is 24.3 Å². The van der Waals surface area contributed by atoms with Gasteiger partial charge in [0.05, 0.1) is 17.5 Å². The van der Waals surface area contributed by atoms with Crippen LogP contribution in [0, 0.1) is 16.9 Å². The number of Topliss-reactive ketones (excluding diaryl/α,β-unsaturated/α-hetero) is 2. The molecule has 0 saturated heterocycles. The van der Waals surface area contributed by atoms with Gasteiger partial charge in [0, 0.05) is 72.8 Å². The number of carbonyl (C=O) groups excluding carboxylic acids is 4. The second-order valence-corrected chi connectivity index (χ2v) is 11.0. The third kappa shape index (κ3) is 9.56. The summed E-state index contributed by atoms with van der Waals surface area (Å²) in [5, 5.41) is 19.8. The van der Waals surface area contributed by atoms with Crippen LogP contribution in [-0.2, 0) is 32.7 Å². The van der Waals surface area contributed by atoms with E-state index in [2.05, 4.69) is 29.6 Å². The molecule has 0 saturated carbocycles. The van der Waals surface area contributed by atoms with Crippen molar-refractivity contribution in [1.82, 2.24) is 5.32 Å². The van der Waals surface area contributed by atoms with Crippen LogP contribution in [0.5, 0.6) is 0 Å². The van der Waals surface area contributed by atoms with Crippen molar-refractivity contribution in [3.63, 3.8) is 0 Å². The van der Waals surface area contributed by atoms with Crippen LogP contribution in [0.4, 0.5) is 0 Å². The molecule has 2 aliphatic carbocycles. The van der Waals surface area contributed by atoms with Gasteiger partial charge < -0.3 is 10.8 Å². The minimum atomic E-state index is -0.300. The molecule has 8 heteroatoms. The number of rotatable bonds is 0. The number of benzene rings is 6. The van der Waals surface area contributed by atoms with Crippen molar-refractivity contribution in [3.8, 4) is 0 Å². The predicted molar refractivity (Wildman–Crippen MR) is 192 cm³/mol. The van der Waals surface area contributed by atoms with Crippen molar-refractivity contribution in [2.24, 2.45) is 0 Å². The molecule has 0 spiro atoms. The molecule has 0 aromatic heterocycles. The minimum absolute atomic E-state index is 0. The summed E-state index contributed by atoms with van der Waals surface area (Å²) >= 11 is 0. The van der Waals surface area contributed by atoms with Crippen LogP contribution in [0.2, 0.25) is 0 Å². The van der Waals surface area contributed by atoms with E-state index < -0.39 is 0 Å². The normalized spacial score (nSPS) is 12.9. The average molecular weight is 732 g/mol. The van der Waals surface area contributed by atoms with Crippen LogP contribution < -0.4 is 5.32 Å². The van der Waals surface area contributed by atoms with Gasteiger partial charge in [-0.05, 0) is 12.1 Å². The van der Waals surface area contributed by atoms with Crippen molar-refractivity contribution in [2.45, 2.75) is 12.8 Å². The zero-order chi connectivity index (χ0) is 34.6. The van der Waals surface area contributed by atoms with Crippen molar-refractivity contribution in [1.29, 1.82) is 10.8 Å². The zero-order valence-corrected chi connectivity index (χ0v) is 29.9. The van der Waals surface area contributed by atoms with E-state index >= 15 is 0 Å². The van der Waals surface area contributed by atoms with Crippen LogP contribution in [0.1, 0.15) is 65.4 Å². The number of nitrogens with one attached hydrogen (secondary N) is 3. The Hall–Kier alpha value is -5.50. The maximum Gasteiger partial charge on any atom is 0.258 e. The SMILES string of the molecule is N=C1CC(=N)c2ccccc21.O=C1CC(=O)c2ccccc21.O=C1NC(=O)c2ccccc21.[Y].[c-]1ccc2ccccc2c1.c1ccccc1. The molecule has 1 heterocycles. The first-order valence-corrected chi connectivity index (χ1v) is 15.5. The van der Waals surface area contributed by atoms with E-state index in [1.807, 2.05) is 84.9 Å². The van der Waals surface area contributed by atoms with Gasteiger partial charge in [-0.15, -0.1) is 16.8 Å². The maximum absolute atomic E-state index is 11.1. The summed E-state index contributed by atoms with van der Waals surface area (Å²) in [5.41, 5.74) is 5.11. The Bertz CT molecular complexity index is 1820. The van der Waals surface area contributed by atoms with E-state index in [0.717, 1.165) is 11.1 Å². The Morgan fingerprint density at radius 2 is 0.820 bits per heavy atom. The summed E-state index contributed by atoms with van der Waals surface area (Å²) in [6, 6.07) is 50.6. The molecule has 50 heavy (non-hydrogen) atoms. The molecule has 3 aliphatic rings. The molecule has 3 N–H and O–H groups in total. The van der Waals surface area contributed by atoms with Gasteiger partial charge in [0.15, 0.2) is 11.6 Å². The van der Waals surface area contributed by atoms with Gasteiger partial charge in [0.1, 0.15) is 0 Å². The van der Waals surface area contributed by atoms with E-state index in [4.69, 9.17) is 10.8 Å². The maximum atomic E-state index is 11.1. The molecule has 1 aliphatic heterocycles. The first kappa shape index (κ1) is 37.3. The average Bonchev–Trinajstić information content (AvgIpc) is 3.74. The molecule has 6 aromatic carbocycles. The van der Waals surface area contributed by atoms with E-state index in [1.165, 1.54) is 10.8 Å². The molecule has 0 unspecified atom stereocenters.